The minimum absolute atomic E-state index is 0.0219. The van der Waals surface area contributed by atoms with Crippen LogP contribution in [0.15, 0.2) is 29.2 Å². The van der Waals surface area contributed by atoms with E-state index in [0.717, 1.165) is 16.4 Å². The molecule has 1 aliphatic rings. The molecule has 1 heterocycles. The lowest BCUT2D eigenvalue weighted by atomic mass is 10.1. The number of carbonyl (C=O) groups excluding carboxylic acids is 1. The summed E-state index contributed by atoms with van der Waals surface area (Å²) in [5, 5.41) is 0. The first-order valence-electron chi connectivity index (χ1n) is 5.27. The molecule has 0 spiro atoms. The zero-order valence-corrected chi connectivity index (χ0v) is 9.91. The molecule has 0 amide bonds. The normalized spacial score (nSPS) is 18.3. The quantitative estimate of drug-likeness (QED) is 0.799. The van der Waals surface area contributed by atoms with Gasteiger partial charge in [-0.3, -0.25) is 4.79 Å². The predicted molar refractivity (Wildman–Crippen MR) is 59.4 cm³/mol. The first-order valence-corrected chi connectivity index (χ1v) is 6.71. The lowest BCUT2D eigenvalue weighted by Crippen LogP contribution is -2.40. The number of halogens is 1. The molecule has 6 heteroatoms. The maximum atomic E-state index is 12.7. The second-order valence-electron chi connectivity index (χ2n) is 3.93. The minimum Gasteiger partial charge on any atom is -0.298 e. The third-order valence-electron chi connectivity index (χ3n) is 2.67. The molecule has 1 aliphatic heterocycles. The van der Waals surface area contributed by atoms with Gasteiger partial charge >= 0.3 is 0 Å². The molecule has 0 saturated carbocycles. The van der Waals surface area contributed by atoms with E-state index in [9.17, 15) is 17.6 Å². The Balaban J connectivity index is 2.29. The van der Waals surface area contributed by atoms with E-state index in [0.29, 0.717) is 19.4 Å². The average Bonchev–Trinajstić information content (AvgIpc) is 2.29. The maximum absolute atomic E-state index is 12.7. The topological polar surface area (TPSA) is 54.5 Å². The highest BCUT2D eigenvalue weighted by atomic mass is 32.2. The molecule has 1 aromatic rings. The monoisotopic (exact) mass is 257 g/mol. The summed E-state index contributed by atoms with van der Waals surface area (Å²) in [7, 11) is -3.67. The molecule has 92 valence electrons. The Morgan fingerprint density at radius 3 is 2.41 bits per heavy atom. The van der Waals surface area contributed by atoms with Gasteiger partial charge in [-0.25, -0.2) is 12.8 Å². The van der Waals surface area contributed by atoms with Crippen LogP contribution in [0.5, 0.6) is 0 Å². The van der Waals surface area contributed by atoms with Crippen molar-refractivity contribution in [2.75, 3.05) is 13.1 Å². The summed E-state index contributed by atoms with van der Waals surface area (Å²) in [5.41, 5.74) is 0. The van der Waals surface area contributed by atoms with Gasteiger partial charge < -0.3 is 0 Å². The number of rotatable bonds is 2. The molecular weight excluding hydrogens is 245 g/mol. The first kappa shape index (κ1) is 12.2. The number of benzene rings is 1. The van der Waals surface area contributed by atoms with Crippen LogP contribution in [0.4, 0.5) is 4.39 Å². The van der Waals surface area contributed by atoms with Gasteiger partial charge in [0.25, 0.3) is 0 Å². The van der Waals surface area contributed by atoms with Crippen molar-refractivity contribution in [2.24, 2.45) is 0 Å². The highest BCUT2D eigenvalue weighted by Gasteiger charge is 2.28. The standard InChI is InChI=1S/C11H12FNO3S/c12-9-3-5-11(6-4-9)17(15,16)13-7-1-2-10(14)8-13/h3-6H,1-2,7-8H2. The van der Waals surface area contributed by atoms with E-state index >= 15 is 0 Å². The molecule has 0 aliphatic carbocycles. The highest BCUT2D eigenvalue weighted by molar-refractivity contribution is 7.89. The summed E-state index contributed by atoms with van der Waals surface area (Å²) in [6.07, 6.45) is 0.967. The molecule has 1 aromatic carbocycles. The minimum atomic E-state index is -3.67. The Labute approximate surface area is 99.1 Å². The number of carbonyl (C=O) groups is 1. The van der Waals surface area contributed by atoms with Gasteiger partial charge in [0.2, 0.25) is 10.0 Å². The van der Waals surface area contributed by atoms with Gasteiger partial charge in [0.05, 0.1) is 11.4 Å². The van der Waals surface area contributed by atoms with Crippen LogP contribution >= 0.6 is 0 Å². The molecule has 0 bridgehead atoms. The molecule has 0 N–H and O–H groups in total. The van der Waals surface area contributed by atoms with Crippen molar-refractivity contribution in [2.45, 2.75) is 17.7 Å². The average molecular weight is 257 g/mol. The number of piperidine rings is 1. The van der Waals surface area contributed by atoms with Crippen molar-refractivity contribution in [1.82, 2.24) is 4.31 Å². The SMILES string of the molecule is O=C1CCCN(S(=O)(=O)c2ccc(F)cc2)C1. The predicted octanol–water partition coefficient (Wildman–Crippen LogP) is 1.18. The van der Waals surface area contributed by atoms with Gasteiger partial charge in [0.1, 0.15) is 11.6 Å². The zero-order chi connectivity index (χ0) is 12.5. The van der Waals surface area contributed by atoms with E-state index in [4.69, 9.17) is 0 Å². The van der Waals surface area contributed by atoms with Crippen molar-refractivity contribution < 1.29 is 17.6 Å². The molecule has 4 nitrogen and oxygen atoms in total. The number of Topliss-reactive ketones (excluding diaryl/α,β-unsaturated/α-hetero) is 1. The maximum Gasteiger partial charge on any atom is 0.243 e. The third kappa shape index (κ3) is 2.53. The first-order chi connectivity index (χ1) is 8.00. The fraction of sp³-hybridized carbons (Fsp3) is 0.364. The molecular formula is C11H12FNO3S. The lowest BCUT2D eigenvalue weighted by molar-refractivity contribution is -0.120. The number of sulfonamides is 1. The summed E-state index contributed by atoms with van der Waals surface area (Å²) < 4.78 is 38.1. The number of hydrogen-bond acceptors (Lipinski definition) is 3. The van der Waals surface area contributed by atoms with E-state index in [-0.39, 0.29) is 17.2 Å². The number of hydrogen-bond donors (Lipinski definition) is 0. The van der Waals surface area contributed by atoms with Gasteiger partial charge in [0.15, 0.2) is 0 Å². The van der Waals surface area contributed by atoms with Crippen LogP contribution in [0, 0.1) is 5.82 Å². The zero-order valence-electron chi connectivity index (χ0n) is 9.10. The molecule has 0 radical (unpaired) electrons. The summed E-state index contributed by atoms with van der Waals surface area (Å²) in [6, 6.07) is 4.62. The van der Waals surface area contributed by atoms with Crippen molar-refractivity contribution in [1.29, 1.82) is 0 Å². The van der Waals surface area contributed by atoms with Crippen LogP contribution in [0.25, 0.3) is 0 Å². The summed E-state index contributed by atoms with van der Waals surface area (Å²) in [5.74, 6) is -0.569. The molecule has 2 rings (SSSR count). The van der Waals surface area contributed by atoms with Gasteiger partial charge in [-0.2, -0.15) is 4.31 Å². The van der Waals surface area contributed by atoms with Crippen molar-refractivity contribution in [3.05, 3.63) is 30.1 Å². The molecule has 0 atom stereocenters. The third-order valence-corrected chi connectivity index (χ3v) is 4.53. The number of ketones is 1. The Kier molecular flexibility index (Phi) is 3.26. The van der Waals surface area contributed by atoms with E-state index in [2.05, 4.69) is 0 Å². The van der Waals surface area contributed by atoms with Crippen LogP contribution in [-0.2, 0) is 14.8 Å². The van der Waals surface area contributed by atoms with E-state index < -0.39 is 15.8 Å². The molecule has 0 unspecified atom stereocenters. The summed E-state index contributed by atoms with van der Waals surface area (Å²) >= 11 is 0. The fourth-order valence-corrected chi connectivity index (χ4v) is 3.23. The largest absolute Gasteiger partial charge is 0.298 e. The summed E-state index contributed by atoms with van der Waals surface area (Å²) in [4.78, 5) is 11.3. The van der Waals surface area contributed by atoms with E-state index in [1.165, 1.54) is 12.1 Å². The van der Waals surface area contributed by atoms with Gasteiger partial charge in [-0.05, 0) is 30.7 Å². The van der Waals surface area contributed by atoms with Crippen LogP contribution in [0.2, 0.25) is 0 Å². The van der Waals surface area contributed by atoms with Crippen LogP contribution in [0.3, 0.4) is 0 Å². The Bertz CT molecular complexity index is 524. The van der Waals surface area contributed by atoms with Crippen molar-refractivity contribution >= 4 is 15.8 Å². The van der Waals surface area contributed by atoms with Crippen LogP contribution in [0.1, 0.15) is 12.8 Å². The Morgan fingerprint density at radius 1 is 1.18 bits per heavy atom. The van der Waals surface area contributed by atoms with Crippen LogP contribution < -0.4 is 0 Å². The van der Waals surface area contributed by atoms with E-state index in [1.54, 1.807) is 0 Å². The van der Waals surface area contributed by atoms with Gasteiger partial charge in [-0.1, -0.05) is 0 Å². The lowest BCUT2D eigenvalue weighted by Gasteiger charge is -2.24. The second-order valence-corrected chi connectivity index (χ2v) is 5.87. The van der Waals surface area contributed by atoms with Gasteiger partial charge in [0, 0.05) is 13.0 Å². The van der Waals surface area contributed by atoms with Gasteiger partial charge in [-0.15, -0.1) is 0 Å². The molecule has 1 fully saturated rings. The number of nitrogens with zero attached hydrogens (tertiary/aromatic N) is 1. The van der Waals surface area contributed by atoms with Crippen molar-refractivity contribution in [3.63, 3.8) is 0 Å². The fourth-order valence-electron chi connectivity index (χ4n) is 1.77. The van der Waals surface area contributed by atoms with Crippen LogP contribution in [-0.4, -0.2) is 31.6 Å². The molecule has 1 saturated heterocycles. The molecule has 0 aromatic heterocycles. The smallest absolute Gasteiger partial charge is 0.243 e. The Hall–Kier alpha value is -1.27. The van der Waals surface area contributed by atoms with E-state index in [1.807, 2.05) is 0 Å². The second kappa shape index (κ2) is 4.54. The Morgan fingerprint density at radius 2 is 1.82 bits per heavy atom. The molecule has 17 heavy (non-hydrogen) atoms. The highest BCUT2D eigenvalue weighted by Crippen LogP contribution is 2.19. The summed E-state index contributed by atoms with van der Waals surface area (Å²) in [6.45, 7) is 0.255. The van der Waals surface area contributed by atoms with Crippen molar-refractivity contribution in [3.8, 4) is 0 Å².